The molecule has 1 N–H and O–H groups in total. The summed E-state index contributed by atoms with van der Waals surface area (Å²) in [5, 5.41) is 3.85. The number of methoxy groups -OCH3 is 1. The van der Waals surface area contributed by atoms with Crippen LogP contribution in [-0.4, -0.2) is 34.2 Å². The highest BCUT2D eigenvalue weighted by atomic mass is 32.2. The van der Waals surface area contributed by atoms with Crippen LogP contribution < -0.4 is 14.5 Å². The number of amides is 1. The number of para-hydroxylation sites is 1. The Kier molecular flexibility index (Phi) is 7.21. The maximum Gasteiger partial charge on any atom is 0.264 e. The van der Waals surface area contributed by atoms with Crippen molar-refractivity contribution in [1.82, 2.24) is 5.43 Å². The molecule has 0 heterocycles. The molecule has 0 aromatic heterocycles. The van der Waals surface area contributed by atoms with Crippen LogP contribution in [0.25, 0.3) is 0 Å². The van der Waals surface area contributed by atoms with Crippen molar-refractivity contribution in [1.29, 1.82) is 0 Å². The van der Waals surface area contributed by atoms with Gasteiger partial charge in [0.25, 0.3) is 15.9 Å². The van der Waals surface area contributed by atoms with Crippen molar-refractivity contribution in [2.75, 3.05) is 18.0 Å². The summed E-state index contributed by atoms with van der Waals surface area (Å²) in [6.07, 6.45) is 1.40. The van der Waals surface area contributed by atoms with Gasteiger partial charge < -0.3 is 4.74 Å². The Morgan fingerprint density at radius 3 is 2.34 bits per heavy atom. The molecule has 9 heteroatoms. The van der Waals surface area contributed by atoms with Gasteiger partial charge in [0, 0.05) is 0 Å². The number of anilines is 1. The Hall–Kier alpha value is -3.72. The van der Waals surface area contributed by atoms with Gasteiger partial charge >= 0.3 is 0 Å². The summed E-state index contributed by atoms with van der Waals surface area (Å²) in [7, 11) is -2.66. The number of sulfonamides is 1. The van der Waals surface area contributed by atoms with Crippen molar-refractivity contribution < 1.29 is 22.3 Å². The molecule has 7 nitrogen and oxygen atoms in total. The zero-order valence-electron chi connectivity index (χ0n) is 17.5. The summed E-state index contributed by atoms with van der Waals surface area (Å²) >= 11 is 0. The molecule has 0 aliphatic rings. The van der Waals surface area contributed by atoms with E-state index in [0.29, 0.717) is 11.3 Å². The van der Waals surface area contributed by atoms with Gasteiger partial charge in [-0.3, -0.25) is 9.10 Å². The number of halogens is 1. The number of ether oxygens (including phenoxy) is 1. The number of carbonyl (C=O) groups is 1. The largest absolute Gasteiger partial charge is 0.497 e. The predicted molar refractivity (Wildman–Crippen MR) is 121 cm³/mol. The molecule has 0 spiro atoms. The molecule has 0 aliphatic carbocycles. The number of hydrogen-bond donors (Lipinski definition) is 1. The van der Waals surface area contributed by atoms with Crippen LogP contribution in [0.15, 0.2) is 82.8 Å². The lowest BCUT2D eigenvalue weighted by Crippen LogP contribution is -2.40. The van der Waals surface area contributed by atoms with Crippen LogP contribution in [0.5, 0.6) is 5.75 Å². The number of hydrogen-bond acceptors (Lipinski definition) is 5. The van der Waals surface area contributed by atoms with Gasteiger partial charge in [-0.1, -0.05) is 29.8 Å². The van der Waals surface area contributed by atoms with Gasteiger partial charge in [-0.2, -0.15) is 5.10 Å². The minimum Gasteiger partial charge on any atom is -0.497 e. The second-order valence-corrected chi connectivity index (χ2v) is 8.70. The summed E-state index contributed by atoms with van der Waals surface area (Å²) in [5.41, 5.74) is 3.61. The van der Waals surface area contributed by atoms with Crippen molar-refractivity contribution in [3.63, 3.8) is 0 Å². The third kappa shape index (κ3) is 5.50. The molecule has 1 amide bonds. The molecule has 166 valence electrons. The fraction of sp³-hybridized carbons (Fsp3) is 0.130. The summed E-state index contributed by atoms with van der Waals surface area (Å²) in [4.78, 5) is 12.4. The van der Waals surface area contributed by atoms with E-state index < -0.39 is 28.3 Å². The second kappa shape index (κ2) is 10.1. The second-order valence-electron chi connectivity index (χ2n) is 6.84. The number of nitrogens with one attached hydrogen (secondary N) is 1. The fourth-order valence-electron chi connectivity index (χ4n) is 2.83. The van der Waals surface area contributed by atoms with Crippen LogP contribution in [-0.2, 0) is 14.8 Å². The van der Waals surface area contributed by atoms with Crippen molar-refractivity contribution in [3.8, 4) is 5.75 Å². The van der Waals surface area contributed by atoms with E-state index in [-0.39, 0.29) is 10.6 Å². The molecule has 0 fully saturated rings. The number of hydrazone groups is 1. The van der Waals surface area contributed by atoms with Gasteiger partial charge in [0.05, 0.1) is 23.9 Å². The highest BCUT2D eigenvalue weighted by molar-refractivity contribution is 7.92. The Morgan fingerprint density at radius 1 is 1.06 bits per heavy atom. The highest BCUT2D eigenvalue weighted by Crippen LogP contribution is 2.26. The molecule has 0 saturated carbocycles. The van der Waals surface area contributed by atoms with Gasteiger partial charge in [0.15, 0.2) is 0 Å². The molecule has 32 heavy (non-hydrogen) atoms. The molecule has 0 bridgehead atoms. The first kappa shape index (κ1) is 23.0. The van der Waals surface area contributed by atoms with Crippen LogP contribution in [0.4, 0.5) is 10.1 Å². The molecular weight excluding hydrogens is 433 g/mol. The first-order chi connectivity index (χ1) is 15.3. The molecule has 0 atom stereocenters. The topological polar surface area (TPSA) is 88.1 Å². The van der Waals surface area contributed by atoms with E-state index in [0.717, 1.165) is 15.9 Å². The highest BCUT2D eigenvalue weighted by Gasteiger charge is 2.29. The normalized spacial score (nSPS) is 11.3. The van der Waals surface area contributed by atoms with E-state index in [1.54, 1.807) is 43.5 Å². The molecule has 0 radical (unpaired) electrons. The Balaban J connectivity index is 1.82. The molecule has 0 saturated heterocycles. The van der Waals surface area contributed by atoms with Crippen LogP contribution in [0, 0.1) is 12.7 Å². The lowest BCUT2D eigenvalue weighted by atomic mass is 10.2. The van der Waals surface area contributed by atoms with Crippen molar-refractivity contribution in [3.05, 3.63) is 89.7 Å². The van der Waals surface area contributed by atoms with Crippen LogP contribution in [0.3, 0.4) is 0 Å². The van der Waals surface area contributed by atoms with Crippen molar-refractivity contribution >= 4 is 27.8 Å². The van der Waals surface area contributed by atoms with Crippen molar-refractivity contribution in [2.45, 2.75) is 11.8 Å². The summed E-state index contributed by atoms with van der Waals surface area (Å²) in [5.74, 6) is -0.820. The number of rotatable bonds is 8. The lowest BCUT2D eigenvalue weighted by molar-refractivity contribution is -0.119. The van der Waals surface area contributed by atoms with E-state index in [4.69, 9.17) is 4.74 Å². The van der Waals surface area contributed by atoms with Gasteiger partial charge in [-0.05, 0) is 61.0 Å². The molecule has 0 aliphatic heterocycles. The van der Waals surface area contributed by atoms with Gasteiger partial charge in [0.2, 0.25) is 0 Å². The van der Waals surface area contributed by atoms with E-state index in [1.807, 2.05) is 6.92 Å². The fourth-order valence-corrected chi connectivity index (χ4v) is 4.25. The minimum atomic E-state index is -4.21. The average Bonchev–Trinajstić information content (AvgIpc) is 2.79. The van der Waals surface area contributed by atoms with Gasteiger partial charge in [0.1, 0.15) is 18.1 Å². The quantitative estimate of drug-likeness (QED) is 0.416. The summed E-state index contributed by atoms with van der Waals surface area (Å²) in [6, 6.07) is 18.4. The number of benzene rings is 3. The zero-order valence-corrected chi connectivity index (χ0v) is 18.3. The molecule has 3 aromatic carbocycles. The molecule has 3 rings (SSSR count). The van der Waals surface area contributed by atoms with Crippen LogP contribution in [0.1, 0.15) is 11.1 Å². The van der Waals surface area contributed by atoms with Gasteiger partial charge in [-0.15, -0.1) is 0 Å². The monoisotopic (exact) mass is 455 g/mol. The number of nitrogens with zero attached hydrogens (tertiary/aromatic N) is 2. The maximum atomic E-state index is 14.5. The van der Waals surface area contributed by atoms with E-state index in [2.05, 4.69) is 10.5 Å². The number of aryl methyl sites for hydroxylation is 1. The van der Waals surface area contributed by atoms with E-state index >= 15 is 0 Å². The Bertz CT molecular complexity index is 1210. The predicted octanol–water partition coefficient (Wildman–Crippen LogP) is 3.49. The summed E-state index contributed by atoms with van der Waals surface area (Å²) < 4.78 is 46.7. The first-order valence-corrected chi connectivity index (χ1v) is 11.0. The molecule has 3 aromatic rings. The minimum absolute atomic E-state index is 0.0547. The van der Waals surface area contributed by atoms with Crippen molar-refractivity contribution in [2.24, 2.45) is 5.10 Å². The number of carbonyl (C=O) groups excluding carboxylic acids is 1. The third-order valence-corrected chi connectivity index (χ3v) is 6.31. The van der Waals surface area contributed by atoms with Crippen LogP contribution >= 0.6 is 0 Å². The maximum absolute atomic E-state index is 14.5. The Morgan fingerprint density at radius 2 is 1.72 bits per heavy atom. The zero-order chi connectivity index (χ0) is 23.1. The van der Waals surface area contributed by atoms with Crippen LogP contribution in [0.2, 0.25) is 0 Å². The molecular formula is C23H22FN3O4S. The van der Waals surface area contributed by atoms with E-state index in [9.17, 15) is 17.6 Å². The average molecular weight is 456 g/mol. The third-order valence-electron chi connectivity index (χ3n) is 4.54. The smallest absolute Gasteiger partial charge is 0.264 e. The lowest BCUT2D eigenvalue weighted by Gasteiger charge is -2.24. The summed E-state index contributed by atoms with van der Waals surface area (Å²) in [6.45, 7) is 1.16. The Labute approximate surface area is 186 Å². The first-order valence-electron chi connectivity index (χ1n) is 9.61. The SMILES string of the molecule is COc1ccc(/C=N\NC(=O)CN(c2ccccc2F)S(=O)(=O)c2ccc(C)cc2)cc1. The molecule has 0 unspecified atom stereocenters. The standard InChI is InChI=1S/C23H22FN3O4S/c1-17-7-13-20(14-8-17)32(29,30)27(22-6-4-3-5-21(22)24)16-23(28)26-25-15-18-9-11-19(31-2)12-10-18/h3-15H,16H2,1-2H3,(H,26,28)/b25-15-. The van der Waals surface area contributed by atoms with Gasteiger partial charge in [-0.25, -0.2) is 18.2 Å². The van der Waals surface area contributed by atoms with E-state index in [1.165, 1.54) is 36.5 Å².